The molecule has 2 nitrogen and oxygen atoms in total. The van der Waals surface area contributed by atoms with Crippen LogP contribution in [0.5, 0.6) is 0 Å². The van der Waals surface area contributed by atoms with Gasteiger partial charge in [-0.3, -0.25) is 0 Å². The van der Waals surface area contributed by atoms with E-state index in [9.17, 15) is 0 Å². The molecule has 3 N–H and O–H groups in total. The summed E-state index contributed by atoms with van der Waals surface area (Å²) < 4.78 is 0. The summed E-state index contributed by atoms with van der Waals surface area (Å²) in [5, 5.41) is 3.45. The lowest BCUT2D eigenvalue weighted by Gasteiger charge is -2.10. The van der Waals surface area contributed by atoms with E-state index in [2.05, 4.69) is 19.2 Å². The molecule has 0 aromatic heterocycles. The fraction of sp³-hybridized carbons (Fsp3) is 1.00. The molecule has 0 rings (SSSR count). The minimum atomic E-state index is 0.674. The monoisotopic (exact) mass is 158 g/mol. The zero-order valence-electron chi connectivity index (χ0n) is 7.90. The maximum atomic E-state index is 5.38. The Morgan fingerprint density at radius 3 is 2.55 bits per heavy atom. The Morgan fingerprint density at radius 1 is 1.27 bits per heavy atom. The Balaban J connectivity index is 2.89. The molecule has 0 aliphatic carbocycles. The van der Waals surface area contributed by atoms with Gasteiger partial charge in [0.05, 0.1) is 0 Å². The Morgan fingerprint density at radius 2 is 2.00 bits per heavy atom. The van der Waals surface area contributed by atoms with Gasteiger partial charge in [-0.1, -0.05) is 13.3 Å². The molecule has 68 valence electrons. The van der Waals surface area contributed by atoms with Crippen LogP contribution in [0, 0.1) is 0 Å². The Hall–Kier alpha value is -0.0800. The topological polar surface area (TPSA) is 38.0 Å². The normalized spacial score (nSPS) is 13.4. The average Bonchev–Trinajstić information content (AvgIpc) is 2.04. The van der Waals surface area contributed by atoms with Crippen molar-refractivity contribution in [2.24, 2.45) is 5.73 Å². The molecule has 0 radical (unpaired) electrons. The van der Waals surface area contributed by atoms with E-state index in [1.165, 1.54) is 25.7 Å². The van der Waals surface area contributed by atoms with Gasteiger partial charge in [-0.25, -0.2) is 0 Å². The third kappa shape index (κ3) is 7.82. The molecular formula is C9H22N2. The van der Waals surface area contributed by atoms with Gasteiger partial charge < -0.3 is 11.1 Å². The molecule has 0 bridgehead atoms. The van der Waals surface area contributed by atoms with Crippen LogP contribution >= 0.6 is 0 Å². The number of hydrogen-bond donors (Lipinski definition) is 2. The predicted molar refractivity (Wildman–Crippen MR) is 50.7 cm³/mol. The molecule has 1 unspecified atom stereocenters. The van der Waals surface area contributed by atoms with Crippen LogP contribution in [0.2, 0.25) is 0 Å². The summed E-state index contributed by atoms with van der Waals surface area (Å²) in [6.07, 6.45) is 4.92. The third-order valence-corrected chi connectivity index (χ3v) is 1.99. The van der Waals surface area contributed by atoms with Crippen molar-refractivity contribution in [2.45, 2.75) is 45.6 Å². The lowest BCUT2D eigenvalue weighted by Crippen LogP contribution is -2.26. The number of nitrogens with two attached hydrogens (primary N) is 1. The van der Waals surface area contributed by atoms with Gasteiger partial charge in [-0.15, -0.1) is 0 Å². The van der Waals surface area contributed by atoms with Gasteiger partial charge in [0.1, 0.15) is 0 Å². The van der Waals surface area contributed by atoms with E-state index in [1.807, 2.05) is 0 Å². The average molecular weight is 158 g/mol. The Labute approximate surface area is 70.5 Å². The zero-order valence-corrected chi connectivity index (χ0v) is 7.90. The summed E-state index contributed by atoms with van der Waals surface area (Å²) in [4.78, 5) is 0. The highest BCUT2D eigenvalue weighted by Gasteiger charge is 1.94. The SMILES string of the molecule is CCC(C)NCCCCCN. The van der Waals surface area contributed by atoms with Crippen molar-refractivity contribution in [1.82, 2.24) is 5.32 Å². The van der Waals surface area contributed by atoms with E-state index in [0.29, 0.717) is 6.04 Å². The van der Waals surface area contributed by atoms with Gasteiger partial charge in [0.25, 0.3) is 0 Å². The molecule has 0 saturated carbocycles. The third-order valence-electron chi connectivity index (χ3n) is 1.99. The summed E-state index contributed by atoms with van der Waals surface area (Å²) in [7, 11) is 0. The Kier molecular flexibility index (Phi) is 7.96. The fourth-order valence-electron chi connectivity index (χ4n) is 0.939. The van der Waals surface area contributed by atoms with Gasteiger partial charge in [-0.05, 0) is 39.3 Å². The van der Waals surface area contributed by atoms with Crippen LogP contribution in [0.15, 0.2) is 0 Å². The van der Waals surface area contributed by atoms with Crippen LogP contribution in [0.1, 0.15) is 39.5 Å². The van der Waals surface area contributed by atoms with Crippen LogP contribution in [-0.4, -0.2) is 19.1 Å². The molecule has 1 atom stereocenters. The molecule has 0 aliphatic heterocycles. The molecule has 11 heavy (non-hydrogen) atoms. The predicted octanol–water partition coefficient (Wildman–Crippen LogP) is 1.50. The van der Waals surface area contributed by atoms with E-state index in [4.69, 9.17) is 5.73 Å². The van der Waals surface area contributed by atoms with Gasteiger partial charge >= 0.3 is 0 Å². The van der Waals surface area contributed by atoms with Crippen LogP contribution in [0.4, 0.5) is 0 Å². The number of unbranched alkanes of at least 4 members (excludes halogenated alkanes) is 2. The highest BCUT2D eigenvalue weighted by Crippen LogP contribution is 1.93. The number of hydrogen-bond acceptors (Lipinski definition) is 2. The molecule has 0 fully saturated rings. The number of rotatable bonds is 7. The molecule has 0 spiro atoms. The van der Waals surface area contributed by atoms with Gasteiger partial charge in [-0.2, -0.15) is 0 Å². The van der Waals surface area contributed by atoms with Gasteiger partial charge in [0, 0.05) is 6.04 Å². The van der Waals surface area contributed by atoms with Crippen LogP contribution < -0.4 is 11.1 Å². The van der Waals surface area contributed by atoms with Crippen molar-refractivity contribution in [3.63, 3.8) is 0 Å². The fourth-order valence-corrected chi connectivity index (χ4v) is 0.939. The first-order valence-electron chi connectivity index (χ1n) is 4.74. The maximum Gasteiger partial charge on any atom is 0.00360 e. The van der Waals surface area contributed by atoms with Gasteiger partial charge in [0.2, 0.25) is 0 Å². The molecule has 0 aromatic carbocycles. The van der Waals surface area contributed by atoms with Crippen molar-refractivity contribution in [3.8, 4) is 0 Å². The highest BCUT2D eigenvalue weighted by molar-refractivity contribution is 4.57. The van der Waals surface area contributed by atoms with Crippen LogP contribution in [0.3, 0.4) is 0 Å². The quantitative estimate of drug-likeness (QED) is 0.551. The van der Waals surface area contributed by atoms with Crippen molar-refractivity contribution in [3.05, 3.63) is 0 Å². The van der Waals surface area contributed by atoms with Crippen molar-refractivity contribution >= 4 is 0 Å². The Bertz CT molecular complexity index is 74.0. The number of nitrogens with one attached hydrogen (secondary N) is 1. The van der Waals surface area contributed by atoms with E-state index in [0.717, 1.165) is 13.1 Å². The highest BCUT2D eigenvalue weighted by atomic mass is 14.9. The summed E-state index contributed by atoms with van der Waals surface area (Å²) in [5.74, 6) is 0. The van der Waals surface area contributed by atoms with E-state index >= 15 is 0 Å². The second-order valence-corrected chi connectivity index (χ2v) is 3.11. The summed E-state index contributed by atoms with van der Waals surface area (Å²) in [6.45, 7) is 6.42. The van der Waals surface area contributed by atoms with Crippen LogP contribution in [-0.2, 0) is 0 Å². The first-order valence-corrected chi connectivity index (χ1v) is 4.74. The molecule has 0 heterocycles. The molecule has 0 amide bonds. The van der Waals surface area contributed by atoms with E-state index in [1.54, 1.807) is 0 Å². The van der Waals surface area contributed by atoms with Crippen molar-refractivity contribution in [1.29, 1.82) is 0 Å². The van der Waals surface area contributed by atoms with E-state index in [-0.39, 0.29) is 0 Å². The maximum absolute atomic E-state index is 5.38. The molecule has 0 saturated heterocycles. The second kappa shape index (κ2) is 8.02. The molecule has 0 aliphatic rings. The first kappa shape index (κ1) is 10.9. The zero-order chi connectivity index (χ0) is 8.53. The van der Waals surface area contributed by atoms with Gasteiger partial charge in [0.15, 0.2) is 0 Å². The molecular weight excluding hydrogens is 136 g/mol. The summed E-state index contributed by atoms with van der Waals surface area (Å²) in [6, 6.07) is 0.674. The molecule has 2 heteroatoms. The molecule has 0 aromatic rings. The lowest BCUT2D eigenvalue weighted by atomic mass is 10.2. The lowest BCUT2D eigenvalue weighted by molar-refractivity contribution is 0.512. The summed E-state index contributed by atoms with van der Waals surface area (Å²) in [5.41, 5.74) is 5.38. The first-order chi connectivity index (χ1) is 5.31. The second-order valence-electron chi connectivity index (χ2n) is 3.11. The largest absolute Gasteiger partial charge is 0.330 e. The smallest absolute Gasteiger partial charge is 0.00360 e. The van der Waals surface area contributed by atoms with Crippen molar-refractivity contribution in [2.75, 3.05) is 13.1 Å². The standard InChI is InChI=1S/C9H22N2/c1-3-9(2)11-8-6-4-5-7-10/h9,11H,3-8,10H2,1-2H3. The van der Waals surface area contributed by atoms with Crippen LogP contribution in [0.25, 0.3) is 0 Å². The van der Waals surface area contributed by atoms with Crippen molar-refractivity contribution < 1.29 is 0 Å². The minimum Gasteiger partial charge on any atom is -0.330 e. The van der Waals surface area contributed by atoms with E-state index < -0.39 is 0 Å². The summed E-state index contributed by atoms with van der Waals surface area (Å²) >= 11 is 0. The minimum absolute atomic E-state index is 0.674.